The van der Waals surface area contributed by atoms with Crippen molar-refractivity contribution in [3.05, 3.63) is 42.0 Å². The molecule has 21 heavy (non-hydrogen) atoms. The number of rotatable bonds is 4. The van der Waals surface area contributed by atoms with Crippen molar-refractivity contribution in [3.63, 3.8) is 0 Å². The van der Waals surface area contributed by atoms with Crippen LogP contribution < -0.4 is 5.73 Å². The molecule has 0 saturated heterocycles. The monoisotopic (exact) mass is 283 g/mol. The van der Waals surface area contributed by atoms with Crippen LogP contribution in [0.25, 0.3) is 11.0 Å². The largest absolute Gasteiger partial charge is 0.399 e. The summed E-state index contributed by atoms with van der Waals surface area (Å²) in [5.41, 5.74) is 9.84. The molecule has 0 unspecified atom stereocenters. The fraction of sp³-hybridized carbons (Fsp3) is 0.375. The van der Waals surface area contributed by atoms with E-state index in [0.29, 0.717) is 5.92 Å². The van der Waals surface area contributed by atoms with Gasteiger partial charge in [-0.3, -0.25) is 4.68 Å². The lowest BCUT2D eigenvalue weighted by atomic mass is 10.2. The smallest absolute Gasteiger partial charge is 0.112 e. The van der Waals surface area contributed by atoms with Gasteiger partial charge in [0.1, 0.15) is 5.82 Å². The average molecular weight is 283 g/mol. The first-order valence-electron chi connectivity index (χ1n) is 7.29. The van der Waals surface area contributed by atoms with Crippen molar-refractivity contribution < 1.29 is 0 Å². The van der Waals surface area contributed by atoms with E-state index < -0.39 is 0 Å². The number of hydrogen-bond acceptors (Lipinski definition) is 3. The van der Waals surface area contributed by atoms with Crippen LogP contribution in [0, 0.1) is 0 Å². The van der Waals surface area contributed by atoms with Gasteiger partial charge >= 0.3 is 0 Å². The Hall–Kier alpha value is -2.30. The van der Waals surface area contributed by atoms with Crippen LogP contribution in [-0.2, 0) is 20.0 Å². The van der Waals surface area contributed by atoms with Crippen LogP contribution in [-0.4, -0.2) is 19.3 Å². The Balaban J connectivity index is 1.97. The molecule has 0 spiro atoms. The first-order valence-corrected chi connectivity index (χ1v) is 7.29. The highest BCUT2D eigenvalue weighted by atomic mass is 15.2. The second-order valence-electron chi connectivity index (χ2n) is 5.76. The van der Waals surface area contributed by atoms with E-state index in [1.165, 1.54) is 0 Å². The van der Waals surface area contributed by atoms with Crippen molar-refractivity contribution in [2.24, 2.45) is 7.05 Å². The average Bonchev–Trinajstić information content (AvgIpc) is 2.99. The zero-order valence-corrected chi connectivity index (χ0v) is 12.7. The van der Waals surface area contributed by atoms with Crippen LogP contribution in [0.2, 0.25) is 0 Å². The Morgan fingerprint density at radius 2 is 2.05 bits per heavy atom. The van der Waals surface area contributed by atoms with Crippen LogP contribution in [0.5, 0.6) is 0 Å². The summed E-state index contributed by atoms with van der Waals surface area (Å²) in [5.74, 6) is 1.48. The van der Waals surface area contributed by atoms with Gasteiger partial charge < -0.3 is 10.3 Å². The standard InChI is InChI=1S/C16H21N5/c1-11(2)16-18-14-10-12(17)4-5-15(14)21(16)9-7-13-6-8-20(3)19-13/h4-6,8,10-11H,7,9,17H2,1-3H3. The fourth-order valence-electron chi connectivity index (χ4n) is 2.66. The Morgan fingerprint density at radius 3 is 2.71 bits per heavy atom. The summed E-state index contributed by atoms with van der Waals surface area (Å²) in [6, 6.07) is 8.00. The number of benzene rings is 1. The predicted molar refractivity (Wildman–Crippen MR) is 85.1 cm³/mol. The lowest BCUT2D eigenvalue weighted by Gasteiger charge is -2.10. The summed E-state index contributed by atoms with van der Waals surface area (Å²) in [6.45, 7) is 5.22. The van der Waals surface area contributed by atoms with Gasteiger partial charge in [-0.15, -0.1) is 0 Å². The van der Waals surface area contributed by atoms with Gasteiger partial charge in [-0.25, -0.2) is 4.98 Å². The molecule has 0 fully saturated rings. The Kier molecular flexibility index (Phi) is 3.41. The van der Waals surface area contributed by atoms with Gasteiger partial charge in [0.2, 0.25) is 0 Å². The molecule has 3 rings (SSSR count). The van der Waals surface area contributed by atoms with Gasteiger partial charge in [-0.2, -0.15) is 5.10 Å². The number of nitrogen functional groups attached to an aromatic ring is 1. The fourth-order valence-corrected chi connectivity index (χ4v) is 2.66. The first-order chi connectivity index (χ1) is 10.0. The van der Waals surface area contributed by atoms with E-state index in [1.807, 2.05) is 30.1 Å². The van der Waals surface area contributed by atoms with E-state index in [9.17, 15) is 0 Å². The highest BCUT2D eigenvalue weighted by Crippen LogP contribution is 2.24. The topological polar surface area (TPSA) is 61.7 Å². The van der Waals surface area contributed by atoms with Gasteiger partial charge in [-0.1, -0.05) is 13.8 Å². The van der Waals surface area contributed by atoms with E-state index >= 15 is 0 Å². The molecule has 2 heterocycles. The molecule has 3 aromatic rings. The van der Waals surface area contributed by atoms with Gasteiger partial charge in [0.15, 0.2) is 0 Å². The molecule has 1 aromatic carbocycles. The third-order valence-corrected chi connectivity index (χ3v) is 3.68. The van der Waals surface area contributed by atoms with Gasteiger partial charge in [0.25, 0.3) is 0 Å². The number of anilines is 1. The minimum atomic E-state index is 0.377. The SMILES string of the molecule is CC(C)c1nc2cc(N)ccc2n1CCc1ccn(C)n1. The molecule has 5 nitrogen and oxygen atoms in total. The van der Waals surface area contributed by atoms with Crippen molar-refractivity contribution >= 4 is 16.7 Å². The molecule has 0 atom stereocenters. The third kappa shape index (κ3) is 2.63. The first kappa shape index (κ1) is 13.7. The summed E-state index contributed by atoms with van der Waals surface area (Å²) in [6.07, 6.45) is 2.88. The minimum Gasteiger partial charge on any atom is -0.399 e. The van der Waals surface area contributed by atoms with Gasteiger partial charge in [-0.05, 0) is 24.3 Å². The molecular formula is C16H21N5. The summed E-state index contributed by atoms with van der Waals surface area (Å²) >= 11 is 0. The third-order valence-electron chi connectivity index (χ3n) is 3.68. The molecule has 2 aromatic heterocycles. The van der Waals surface area contributed by atoms with Gasteiger partial charge in [0.05, 0.1) is 16.7 Å². The van der Waals surface area contributed by atoms with Crippen LogP contribution in [0.15, 0.2) is 30.5 Å². The molecule has 5 heteroatoms. The Morgan fingerprint density at radius 1 is 1.24 bits per heavy atom. The normalized spacial score (nSPS) is 11.6. The summed E-state index contributed by atoms with van der Waals surface area (Å²) in [5, 5.41) is 4.44. The summed E-state index contributed by atoms with van der Waals surface area (Å²) in [7, 11) is 1.94. The van der Waals surface area contributed by atoms with Crippen molar-refractivity contribution in [3.8, 4) is 0 Å². The van der Waals surface area contributed by atoms with E-state index in [2.05, 4.69) is 35.6 Å². The second-order valence-corrected chi connectivity index (χ2v) is 5.76. The highest BCUT2D eigenvalue weighted by Gasteiger charge is 2.14. The van der Waals surface area contributed by atoms with E-state index in [-0.39, 0.29) is 0 Å². The maximum Gasteiger partial charge on any atom is 0.112 e. The zero-order valence-electron chi connectivity index (χ0n) is 12.7. The van der Waals surface area contributed by atoms with Crippen molar-refractivity contribution in [2.75, 3.05) is 5.73 Å². The van der Waals surface area contributed by atoms with Crippen LogP contribution in [0.4, 0.5) is 5.69 Å². The Bertz CT molecular complexity index is 766. The molecule has 110 valence electrons. The summed E-state index contributed by atoms with van der Waals surface area (Å²) in [4.78, 5) is 4.75. The molecular weight excluding hydrogens is 262 g/mol. The maximum absolute atomic E-state index is 5.87. The molecule has 0 aliphatic heterocycles. The van der Waals surface area contributed by atoms with Crippen molar-refractivity contribution in [1.29, 1.82) is 0 Å². The minimum absolute atomic E-state index is 0.377. The second kappa shape index (κ2) is 5.24. The number of nitrogens with two attached hydrogens (primary N) is 1. The molecule has 0 radical (unpaired) electrons. The summed E-state index contributed by atoms with van der Waals surface area (Å²) < 4.78 is 4.12. The maximum atomic E-state index is 5.87. The molecule has 0 saturated carbocycles. The van der Waals surface area contributed by atoms with E-state index in [0.717, 1.165) is 41.2 Å². The van der Waals surface area contributed by atoms with Crippen LogP contribution in [0.3, 0.4) is 0 Å². The number of aryl methyl sites for hydroxylation is 3. The molecule has 0 aliphatic rings. The molecule has 0 bridgehead atoms. The molecule has 0 aliphatic carbocycles. The zero-order chi connectivity index (χ0) is 15.0. The lowest BCUT2D eigenvalue weighted by Crippen LogP contribution is -2.08. The lowest BCUT2D eigenvalue weighted by molar-refractivity contribution is 0.621. The quantitative estimate of drug-likeness (QED) is 0.749. The van der Waals surface area contributed by atoms with Gasteiger partial charge in [0, 0.05) is 37.8 Å². The van der Waals surface area contributed by atoms with E-state index in [4.69, 9.17) is 10.7 Å². The number of hydrogen-bond donors (Lipinski definition) is 1. The number of nitrogens with zero attached hydrogens (tertiary/aromatic N) is 4. The van der Waals surface area contributed by atoms with E-state index in [1.54, 1.807) is 0 Å². The molecule has 0 amide bonds. The number of imidazole rings is 1. The van der Waals surface area contributed by atoms with Crippen molar-refractivity contribution in [2.45, 2.75) is 32.7 Å². The highest BCUT2D eigenvalue weighted by molar-refractivity contribution is 5.79. The Labute approximate surface area is 124 Å². The molecule has 2 N–H and O–H groups in total. The van der Waals surface area contributed by atoms with Crippen molar-refractivity contribution in [1.82, 2.24) is 19.3 Å². The number of aromatic nitrogens is 4. The number of fused-ring (bicyclic) bond motifs is 1. The van der Waals surface area contributed by atoms with Crippen LogP contribution in [0.1, 0.15) is 31.3 Å². The predicted octanol–water partition coefficient (Wildman–Crippen LogP) is 2.72. The van der Waals surface area contributed by atoms with Crippen LogP contribution >= 0.6 is 0 Å².